The highest BCUT2D eigenvalue weighted by Gasteiger charge is 2.69. The Bertz CT molecular complexity index is 865. The van der Waals surface area contributed by atoms with E-state index in [0.29, 0.717) is 28.9 Å². The first-order chi connectivity index (χ1) is 12.0. The van der Waals surface area contributed by atoms with Crippen LogP contribution in [0.25, 0.3) is 10.9 Å². The lowest BCUT2D eigenvalue weighted by molar-refractivity contribution is 0.0994. The molecule has 5 atom stereocenters. The van der Waals surface area contributed by atoms with E-state index in [4.69, 9.17) is 15.2 Å². The van der Waals surface area contributed by atoms with Gasteiger partial charge < -0.3 is 15.2 Å². The predicted octanol–water partition coefficient (Wildman–Crippen LogP) is 3.15. The lowest BCUT2D eigenvalue weighted by atomic mass is 10.1. The normalized spacial score (nSPS) is 31.6. The molecule has 1 amide bonds. The summed E-state index contributed by atoms with van der Waals surface area (Å²) in [5.41, 5.74) is 6.59. The van der Waals surface area contributed by atoms with Crippen LogP contribution >= 0.6 is 0 Å². The average molecular weight is 338 g/mol. The number of carbonyl (C=O) groups excluding carboxylic acids is 1. The summed E-state index contributed by atoms with van der Waals surface area (Å²) in [6.45, 7) is 3.85. The Labute approximate surface area is 146 Å². The highest BCUT2D eigenvalue weighted by molar-refractivity contribution is 6.01. The smallest absolute Gasteiger partial charge is 0.252 e. The van der Waals surface area contributed by atoms with Crippen LogP contribution in [0.5, 0.6) is 11.5 Å². The van der Waals surface area contributed by atoms with Crippen molar-refractivity contribution >= 4 is 16.8 Å². The van der Waals surface area contributed by atoms with E-state index in [0.717, 1.165) is 28.9 Å². The van der Waals surface area contributed by atoms with Crippen molar-refractivity contribution in [1.29, 1.82) is 0 Å². The van der Waals surface area contributed by atoms with Crippen LogP contribution in [0, 0.1) is 23.7 Å². The third kappa shape index (κ3) is 2.21. The summed E-state index contributed by atoms with van der Waals surface area (Å²) in [6, 6.07) is 5.47. The minimum Gasteiger partial charge on any atom is -0.490 e. The van der Waals surface area contributed by atoms with Crippen LogP contribution in [0.15, 0.2) is 24.4 Å². The van der Waals surface area contributed by atoms with Crippen LogP contribution in [-0.2, 0) is 0 Å². The first-order valence-electron chi connectivity index (χ1n) is 9.09. The van der Waals surface area contributed by atoms with Crippen molar-refractivity contribution in [3.8, 4) is 11.5 Å². The molecule has 130 valence electrons. The molecule has 6 rings (SSSR count). The molecule has 5 heteroatoms. The van der Waals surface area contributed by atoms with Crippen LogP contribution in [0.2, 0.25) is 0 Å². The minimum atomic E-state index is -0.511. The first-order valence-corrected chi connectivity index (χ1v) is 9.09. The van der Waals surface area contributed by atoms with E-state index in [-0.39, 0.29) is 6.10 Å². The van der Waals surface area contributed by atoms with Crippen molar-refractivity contribution in [2.45, 2.75) is 38.9 Å². The van der Waals surface area contributed by atoms with Crippen molar-refractivity contribution in [1.82, 2.24) is 4.98 Å². The maximum atomic E-state index is 11.8. The number of amides is 1. The van der Waals surface area contributed by atoms with Crippen molar-refractivity contribution in [2.75, 3.05) is 0 Å². The molecule has 5 nitrogen and oxygen atoms in total. The molecule has 2 unspecified atom stereocenters. The van der Waals surface area contributed by atoms with Crippen LogP contribution in [0.1, 0.15) is 37.0 Å². The molecule has 1 aromatic heterocycles. The molecule has 2 N–H and O–H groups in total. The van der Waals surface area contributed by atoms with Gasteiger partial charge in [0.15, 0.2) is 0 Å². The zero-order chi connectivity index (χ0) is 17.3. The number of nitrogens with zero attached hydrogens (tertiary/aromatic N) is 1. The Balaban J connectivity index is 1.56. The molecule has 0 saturated heterocycles. The van der Waals surface area contributed by atoms with Crippen LogP contribution in [0.4, 0.5) is 0 Å². The fourth-order valence-electron chi connectivity index (χ4n) is 5.12. The Kier molecular flexibility index (Phi) is 3.06. The standard InChI is InChI=1S/C20H22N2O3/c1-9(2)24-17-8-13-15(7-14(17)20(21)23)22-4-3-16(13)25-19-10-5-11-12(6-10)18(11)19/h3-4,7-12,18-19H,5-6H2,1-2H3,(H2,21,23)/t10?,11-,12+,18?,19-/m1/s1. The fraction of sp³-hybridized carbons (Fsp3) is 0.500. The van der Waals surface area contributed by atoms with E-state index in [1.165, 1.54) is 12.8 Å². The lowest BCUT2D eigenvalue weighted by Crippen LogP contribution is -2.20. The molecule has 0 radical (unpaired) electrons. The fourth-order valence-corrected chi connectivity index (χ4v) is 5.12. The number of hydrogen-bond acceptors (Lipinski definition) is 4. The molecular formula is C20H22N2O3. The van der Waals surface area contributed by atoms with Crippen molar-refractivity contribution in [3.05, 3.63) is 30.0 Å². The second-order valence-corrected chi connectivity index (χ2v) is 7.92. The minimum absolute atomic E-state index is 0.0501. The van der Waals surface area contributed by atoms with Gasteiger partial charge in [-0.25, -0.2) is 0 Å². The highest BCUT2D eigenvalue weighted by atomic mass is 16.5. The van der Waals surface area contributed by atoms with Crippen molar-refractivity contribution in [2.24, 2.45) is 29.4 Å². The van der Waals surface area contributed by atoms with Gasteiger partial charge in [0.05, 0.1) is 17.2 Å². The highest BCUT2D eigenvalue weighted by Crippen LogP contribution is 2.71. The summed E-state index contributed by atoms with van der Waals surface area (Å²) in [4.78, 5) is 16.2. The molecule has 4 fully saturated rings. The van der Waals surface area contributed by atoms with E-state index in [2.05, 4.69) is 4.98 Å². The molecule has 1 aromatic carbocycles. The quantitative estimate of drug-likeness (QED) is 0.909. The van der Waals surface area contributed by atoms with Gasteiger partial charge in [0, 0.05) is 17.5 Å². The number of primary amides is 1. The topological polar surface area (TPSA) is 74.4 Å². The molecule has 2 aromatic rings. The Morgan fingerprint density at radius 2 is 2.00 bits per heavy atom. The summed E-state index contributed by atoms with van der Waals surface area (Å²) >= 11 is 0. The van der Waals surface area contributed by atoms with Gasteiger partial charge in [0.25, 0.3) is 5.91 Å². The molecular weight excluding hydrogens is 316 g/mol. The number of rotatable bonds is 5. The van der Waals surface area contributed by atoms with Crippen LogP contribution < -0.4 is 15.2 Å². The van der Waals surface area contributed by atoms with E-state index < -0.39 is 5.91 Å². The SMILES string of the molecule is CC(C)Oc1cc2c(O[C@@H]3C4C[C@@H]5C3[C@@H]5C4)ccnc2cc1C(N)=O. The summed E-state index contributed by atoms with van der Waals surface area (Å²) in [6.07, 6.45) is 4.68. The summed E-state index contributed by atoms with van der Waals surface area (Å²) in [5.74, 6) is 4.09. The third-order valence-corrected chi connectivity index (χ3v) is 6.09. The van der Waals surface area contributed by atoms with Gasteiger partial charge in [-0.15, -0.1) is 0 Å². The molecule has 4 aliphatic carbocycles. The summed E-state index contributed by atoms with van der Waals surface area (Å²) < 4.78 is 12.3. The summed E-state index contributed by atoms with van der Waals surface area (Å²) in [5, 5.41) is 0.879. The molecule has 1 heterocycles. The first kappa shape index (κ1) is 15.0. The number of ether oxygens (including phenoxy) is 2. The van der Waals surface area contributed by atoms with Gasteiger partial charge >= 0.3 is 0 Å². The maximum absolute atomic E-state index is 11.8. The Morgan fingerprint density at radius 1 is 1.24 bits per heavy atom. The second-order valence-electron chi connectivity index (χ2n) is 7.92. The number of pyridine rings is 1. The average Bonchev–Trinajstić information content (AvgIpc) is 2.91. The van der Waals surface area contributed by atoms with Crippen LogP contribution in [0.3, 0.4) is 0 Å². The number of fused-ring (bicyclic) bond motifs is 1. The monoisotopic (exact) mass is 338 g/mol. The number of hydrogen-bond donors (Lipinski definition) is 1. The van der Waals surface area contributed by atoms with Crippen LogP contribution in [-0.4, -0.2) is 23.1 Å². The number of nitrogens with two attached hydrogens (primary N) is 1. The molecule has 25 heavy (non-hydrogen) atoms. The molecule has 4 aliphatic rings. The van der Waals surface area contributed by atoms with Gasteiger partial charge in [-0.3, -0.25) is 9.78 Å². The predicted molar refractivity (Wildman–Crippen MR) is 93.6 cm³/mol. The van der Waals surface area contributed by atoms with Gasteiger partial charge in [-0.05, 0) is 62.6 Å². The third-order valence-electron chi connectivity index (χ3n) is 6.09. The zero-order valence-electron chi connectivity index (χ0n) is 14.4. The molecule has 0 spiro atoms. The molecule has 0 aliphatic heterocycles. The van der Waals surface area contributed by atoms with Gasteiger partial charge in [-0.1, -0.05) is 0 Å². The van der Waals surface area contributed by atoms with Crippen molar-refractivity contribution < 1.29 is 14.3 Å². The Morgan fingerprint density at radius 3 is 2.60 bits per heavy atom. The molecule has 4 bridgehead atoms. The van der Waals surface area contributed by atoms with E-state index >= 15 is 0 Å². The largest absolute Gasteiger partial charge is 0.490 e. The van der Waals surface area contributed by atoms with E-state index in [9.17, 15) is 4.79 Å². The zero-order valence-corrected chi connectivity index (χ0v) is 14.4. The number of benzene rings is 1. The van der Waals surface area contributed by atoms with Gasteiger partial charge in [0.2, 0.25) is 0 Å². The van der Waals surface area contributed by atoms with E-state index in [1.54, 1.807) is 12.3 Å². The van der Waals surface area contributed by atoms with Gasteiger partial charge in [-0.2, -0.15) is 0 Å². The lowest BCUT2D eigenvalue weighted by Gasteiger charge is -2.20. The Hall–Kier alpha value is -2.30. The number of carbonyl (C=O) groups is 1. The maximum Gasteiger partial charge on any atom is 0.252 e. The van der Waals surface area contributed by atoms with E-state index in [1.807, 2.05) is 26.0 Å². The van der Waals surface area contributed by atoms with Gasteiger partial charge in [0.1, 0.15) is 17.6 Å². The number of aromatic nitrogens is 1. The second kappa shape index (κ2) is 5.10. The summed E-state index contributed by atoms with van der Waals surface area (Å²) in [7, 11) is 0. The molecule has 4 saturated carbocycles. The van der Waals surface area contributed by atoms with Crippen molar-refractivity contribution in [3.63, 3.8) is 0 Å².